The lowest BCUT2D eigenvalue weighted by atomic mass is 9.80. The minimum absolute atomic E-state index is 0.0139. The molecule has 0 aromatic heterocycles. The normalized spacial score (nSPS) is 10.6. The number of hydrogen-bond donors (Lipinski definition) is 0. The van der Waals surface area contributed by atoms with Crippen molar-refractivity contribution in [3.63, 3.8) is 0 Å². The third-order valence-electron chi connectivity index (χ3n) is 2.10. The molecule has 0 heterocycles. The highest BCUT2D eigenvalue weighted by Crippen LogP contribution is 2.25. The summed E-state index contributed by atoms with van der Waals surface area (Å²) >= 11 is 0. The summed E-state index contributed by atoms with van der Waals surface area (Å²) < 4.78 is 0. The molecule has 0 rings (SSSR count). The molecule has 0 fully saturated rings. The summed E-state index contributed by atoms with van der Waals surface area (Å²) in [5.41, 5.74) is -0.708. The molecule has 0 spiro atoms. The average molecular weight is 139 g/mol. The van der Waals surface area contributed by atoms with Crippen LogP contribution in [0.1, 0.15) is 33.6 Å². The highest BCUT2D eigenvalue weighted by Gasteiger charge is 2.30. The smallest absolute Gasteiger partial charge is 0.149 e. The van der Waals surface area contributed by atoms with Gasteiger partial charge in [-0.1, -0.05) is 13.8 Å². The van der Waals surface area contributed by atoms with Gasteiger partial charge in [-0.05, 0) is 19.8 Å². The van der Waals surface area contributed by atoms with Crippen LogP contribution >= 0.6 is 0 Å². The molecule has 0 radical (unpaired) electrons. The van der Waals surface area contributed by atoms with E-state index in [2.05, 4.69) is 6.07 Å². The zero-order valence-electron chi connectivity index (χ0n) is 6.77. The first-order chi connectivity index (χ1) is 4.63. The zero-order chi connectivity index (χ0) is 8.20. The molecule has 0 bridgehead atoms. The van der Waals surface area contributed by atoms with Crippen molar-refractivity contribution in [2.45, 2.75) is 33.6 Å². The molecule has 0 unspecified atom stereocenters. The topological polar surface area (TPSA) is 40.9 Å². The van der Waals surface area contributed by atoms with Crippen LogP contribution in [0.3, 0.4) is 0 Å². The van der Waals surface area contributed by atoms with E-state index in [1.165, 1.54) is 6.92 Å². The van der Waals surface area contributed by atoms with E-state index in [1.807, 2.05) is 13.8 Å². The van der Waals surface area contributed by atoms with Crippen molar-refractivity contribution in [2.24, 2.45) is 5.41 Å². The number of nitriles is 1. The van der Waals surface area contributed by atoms with Crippen LogP contribution in [0.2, 0.25) is 0 Å². The van der Waals surface area contributed by atoms with Gasteiger partial charge in [-0.3, -0.25) is 4.79 Å². The fraction of sp³-hybridized carbons (Fsp3) is 0.750. The van der Waals surface area contributed by atoms with E-state index < -0.39 is 5.41 Å². The van der Waals surface area contributed by atoms with Gasteiger partial charge in [0.25, 0.3) is 0 Å². The third-order valence-corrected chi connectivity index (χ3v) is 2.10. The Morgan fingerprint density at radius 1 is 1.50 bits per heavy atom. The highest BCUT2D eigenvalue weighted by molar-refractivity contribution is 5.84. The molecule has 0 atom stereocenters. The molecule has 0 aliphatic heterocycles. The van der Waals surface area contributed by atoms with Crippen LogP contribution in [0.15, 0.2) is 0 Å². The quantitative estimate of drug-likeness (QED) is 0.599. The molecular formula is C8H13NO. The van der Waals surface area contributed by atoms with E-state index in [1.54, 1.807) is 0 Å². The number of nitrogens with zero attached hydrogens (tertiary/aromatic N) is 1. The summed E-state index contributed by atoms with van der Waals surface area (Å²) in [7, 11) is 0. The molecule has 2 nitrogen and oxygen atoms in total. The highest BCUT2D eigenvalue weighted by atomic mass is 16.1. The number of ketones is 1. The van der Waals surface area contributed by atoms with Crippen LogP contribution in [0.5, 0.6) is 0 Å². The van der Waals surface area contributed by atoms with Crippen molar-refractivity contribution in [1.29, 1.82) is 5.26 Å². The minimum atomic E-state index is -0.708. The zero-order valence-corrected chi connectivity index (χ0v) is 6.77. The van der Waals surface area contributed by atoms with Crippen molar-refractivity contribution in [3.8, 4) is 6.07 Å². The standard InChI is InChI=1S/C8H13NO/c1-4-8(5-2,6-9)7(3)10/h4-5H2,1-3H3. The number of hydrogen-bond acceptors (Lipinski definition) is 2. The summed E-state index contributed by atoms with van der Waals surface area (Å²) in [4.78, 5) is 10.9. The summed E-state index contributed by atoms with van der Waals surface area (Å²) in [6.45, 7) is 5.22. The SMILES string of the molecule is CCC(C#N)(CC)C(C)=O. The van der Waals surface area contributed by atoms with Gasteiger partial charge in [0, 0.05) is 0 Å². The molecule has 0 amide bonds. The van der Waals surface area contributed by atoms with Gasteiger partial charge in [-0.15, -0.1) is 0 Å². The van der Waals surface area contributed by atoms with E-state index in [0.717, 1.165) is 0 Å². The van der Waals surface area contributed by atoms with Crippen molar-refractivity contribution in [2.75, 3.05) is 0 Å². The van der Waals surface area contributed by atoms with E-state index in [9.17, 15) is 4.79 Å². The van der Waals surface area contributed by atoms with Gasteiger partial charge in [0.05, 0.1) is 6.07 Å². The molecule has 0 aliphatic carbocycles. The second-order valence-corrected chi connectivity index (χ2v) is 2.46. The maximum Gasteiger partial charge on any atom is 0.149 e. The Labute approximate surface area is 61.8 Å². The summed E-state index contributed by atoms with van der Waals surface area (Å²) in [6.07, 6.45) is 1.24. The van der Waals surface area contributed by atoms with Crippen molar-refractivity contribution in [3.05, 3.63) is 0 Å². The Hall–Kier alpha value is -0.840. The third kappa shape index (κ3) is 1.36. The maximum absolute atomic E-state index is 10.9. The van der Waals surface area contributed by atoms with Crippen LogP contribution < -0.4 is 0 Å². The van der Waals surface area contributed by atoms with Gasteiger partial charge >= 0.3 is 0 Å². The van der Waals surface area contributed by atoms with Crippen molar-refractivity contribution >= 4 is 5.78 Å². The van der Waals surface area contributed by atoms with Crippen LogP contribution in [-0.4, -0.2) is 5.78 Å². The predicted octanol–water partition coefficient (Wildman–Crippen LogP) is 1.91. The summed E-state index contributed by atoms with van der Waals surface area (Å²) in [6, 6.07) is 2.06. The monoisotopic (exact) mass is 139 g/mol. The predicted molar refractivity (Wildman–Crippen MR) is 39.3 cm³/mol. The molecule has 0 aromatic carbocycles. The van der Waals surface area contributed by atoms with Gasteiger partial charge in [0.2, 0.25) is 0 Å². The fourth-order valence-electron chi connectivity index (χ4n) is 0.985. The molecule has 0 saturated heterocycles. The summed E-state index contributed by atoms with van der Waals surface area (Å²) in [5.74, 6) is -0.0139. The Bertz CT molecular complexity index is 163. The molecular weight excluding hydrogens is 126 g/mol. The maximum atomic E-state index is 10.9. The van der Waals surface area contributed by atoms with Gasteiger partial charge in [-0.2, -0.15) is 5.26 Å². The number of carbonyl (C=O) groups is 1. The lowest BCUT2D eigenvalue weighted by Gasteiger charge is -2.18. The lowest BCUT2D eigenvalue weighted by Crippen LogP contribution is -2.25. The van der Waals surface area contributed by atoms with Crippen molar-refractivity contribution < 1.29 is 4.79 Å². The van der Waals surface area contributed by atoms with Gasteiger partial charge in [0.1, 0.15) is 11.2 Å². The fourth-order valence-corrected chi connectivity index (χ4v) is 0.985. The van der Waals surface area contributed by atoms with Crippen LogP contribution in [-0.2, 0) is 4.79 Å². The van der Waals surface area contributed by atoms with Gasteiger partial charge in [-0.25, -0.2) is 0 Å². The first-order valence-corrected chi connectivity index (χ1v) is 3.55. The number of rotatable bonds is 3. The molecule has 0 aliphatic rings. The first-order valence-electron chi connectivity index (χ1n) is 3.55. The van der Waals surface area contributed by atoms with Crippen LogP contribution in [0, 0.1) is 16.7 Å². The van der Waals surface area contributed by atoms with E-state index in [4.69, 9.17) is 5.26 Å². The van der Waals surface area contributed by atoms with Crippen LogP contribution in [0.25, 0.3) is 0 Å². The molecule has 0 saturated carbocycles. The van der Waals surface area contributed by atoms with E-state index >= 15 is 0 Å². The van der Waals surface area contributed by atoms with E-state index in [-0.39, 0.29) is 5.78 Å². The Balaban J connectivity index is 4.52. The molecule has 10 heavy (non-hydrogen) atoms. The van der Waals surface area contributed by atoms with Gasteiger partial charge < -0.3 is 0 Å². The average Bonchev–Trinajstić information content (AvgIpc) is 1.92. The molecule has 56 valence electrons. The lowest BCUT2D eigenvalue weighted by molar-refractivity contribution is -0.124. The van der Waals surface area contributed by atoms with Gasteiger partial charge in [0.15, 0.2) is 0 Å². The number of Topliss-reactive ketones (excluding diaryl/α,β-unsaturated/α-hetero) is 1. The largest absolute Gasteiger partial charge is 0.298 e. The Kier molecular flexibility index (Phi) is 3.08. The molecule has 0 aromatic rings. The first kappa shape index (κ1) is 9.16. The van der Waals surface area contributed by atoms with E-state index in [0.29, 0.717) is 12.8 Å². The second-order valence-electron chi connectivity index (χ2n) is 2.46. The minimum Gasteiger partial charge on any atom is -0.298 e. The Morgan fingerprint density at radius 3 is 1.90 bits per heavy atom. The molecule has 2 heteroatoms. The second kappa shape index (κ2) is 3.36. The molecule has 0 N–H and O–H groups in total. The van der Waals surface area contributed by atoms with Crippen molar-refractivity contribution in [1.82, 2.24) is 0 Å². The number of carbonyl (C=O) groups excluding carboxylic acids is 1. The Morgan fingerprint density at radius 2 is 1.90 bits per heavy atom. The van der Waals surface area contributed by atoms with Crippen LogP contribution in [0.4, 0.5) is 0 Å². The summed E-state index contributed by atoms with van der Waals surface area (Å²) in [5, 5.41) is 8.68.